The molecule has 0 aliphatic carbocycles. The molecule has 0 radical (unpaired) electrons. The van der Waals surface area contributed by atoms with Crippen LogP contribution in [0.3, 0.4) is 0 Å². The number of ether oxygens (including phenoxy) is 2. The van der Waals surface area contributed by atoms with E-state index in [1.54, 1.807) is 52.0 Å². The normalized spacial score (nSPS) is 12.5. The Morgan fingerprint density at radius 1 is 1.21 bits per heavy atom. The van der Waals surface area contributed by atoms with E-state index in [2.05, 4.69) is 29.2 Å². The van der Waals surface area contributed by atoms with E-state index in [0.717, 1.165) is 0 Å². The summed E-state index contributed by atoms with van der Waals surface area (Å²) in [6.07, 6.45) is 4.80. The van der Waals surface area contributed by atoms with Crippen molar-refractivity contribution >= 4 is 36.5 Å². The summed E-state index contributed by atoms with van der Waals surface area (Å²) < 4.78 is 10.1. The third kappa shape index (κ3) is 8.98. The van der Waals surface area contributed by atoms with E-state index in [-0.39, 0.29) is 25.3 Å². The van der Waals surface area contributed by atoms with Gasteiger partial charge in [0, 0.05) is 24.9 Å². The van der Waals surface area contributed by atoms with Crippen LogP contribution in [0, 0.1) is 12.3 Å². The molecule has 1 rings (SSSR count). The fraction of sp³-hybridized carbons (Fsp3) is 0.500. The molecular weight excluding hydrogens is 458 g/mol. The highest BCUT2D eigenvalue weighted by Gasteiger charge is 2.34. The molecule has 0 heterocycles. The molecule has 34 heavy (non-hydrogen) atoms. The second kappa shape index (κ2) is 13.5. The molecule has 9 nitrogen and oxygen atoms in total. The number of carbonyl (C=O) groups excluding carboxylic acids is 4. The van der Waals surface area contributed by atoms with Crippen molar-refractivity contribution in [1.29, 1.82) is 0 Å². The van der Waals surface area contributed by atoms with Crippen molar-refractivity contribution in [3.63, 3.8) is 0 Å². The van der Waals surface area contributed by atoms with Crippen molar-refractivity contribution in [2.75, 3.05) is 26.0 Å². The summed E-state index contributed by atoms with van der Waals surface area (Å²) in [4.78, 5) is 51.4. The molecule has 2 atom stereocenters. The van der Waals surface area contributed by atoms with Gasteiger partial charge < -0.3 is 25.0 Å². The molecule has 0 aliphatic heterocycles. The van der Waals surface area contributed by atoms with Crippen LogP contribution >= 0.6 is 12.6 Å². The monoisotopic (exact) mass is 491 g/mol. The fourth-order valence-electron chi connectivity index (χ4n) is 3.02. The average molecular weight is 492 g/mol. The van der Waals surface area contributed by atoms with Crippen LogP contribution in [-0.2, 0) is 23.9 Å². The summed E-state index contributed by atoms with van der Waals surface area (Å²) in [6.45, 7) is 7.03. The van der Waals surface area contributed by atoms with E-state index in [1.165, 1.54) is 11.9 Å². The summed E-state index contributed by atoms with van der Waals surface area (Å²) in [5.41, 5.74) is 0.0904. The highest BCUT2D eigenvalue weighted by atomic mass is 32.1. The van der Waals surface area contributed by atoms with Crippen molar-refractivity contribution in [3.8, 4) is 12.3 Å². The number of rotatable bonds is 10. The lowest BCUT2D eigenvalue weighted by molar-refractivity contribution is -0.143. The third-order valence-corrected chi connectivity index (χ3v) is 4.86. The molecule has 186 valence electrons. The number of hydrogen-bond acceptors (Lipinski definition) is 7. The van der Waals surface area contributed by atoms with Crippen molar-refractivity contribution in [3.05, 3.63) is 35.4 Å². The van der Waals surface area contributed by atoms with Gasteiger partial charge in [0.15, 0.2) is 0 Å². The zero-order chi connectivity index (χ0) is 25.9. The third-order valence-electron chi connectivity index (χ3n) is 4.50. The van der Waals surface area contributed by atoms with Crippen LogP contribution in [0.2, 0.25) is 0 Å². The molecule has 1 aromatic rings. The lowest BCUT2D eigenvalue weighted by atomic mass is 9.98. The molecule has 10 heteroatoms. The minimum absolute atomic E-state index is 0.0145. The Balaban J connectivity index is 3.16. The van der Waals surface area contributed by atoms with Crippen molar-refractivity contribution in [1.82, 2.24) is 15.5 Å². The Hall–Kier alpha value is -3.19. The molecule has 0 aromatic heterocycles. The minimum atomic E-state index is -1.12. The van der Waals surface area contributed by atoms with Gasteiger partial charge >= 0.3 is 12.1 Å². The summed E-state index contributed by atoms with van der Waals surface area (Å²) in [7, 11) is 1.43. The van der Waals surface area contributed by atoms with E-state index in [4.69, 9.17) is 15.9 Å². The van der Waals surface area contributed by atoms with Crippen LogP contribution in [0.4, 0.5) is 4.79 Å². The molecule has 1 aromatic carbocycles. The summed E-state index contributed by atoms with van der Waals surface area (Å²) in [5.74, 6) is 0.920. The number of likely N-dealkylation sites (N-methyl/N-ethyl adjacent to an activating group) is 1. The molecule has 2 unspecified atom stereocenters. The molecule has 2 N–H and O–H groups in total. The number of terminal acetylenes is 1. The number of nitrogens with zero attached hydrogens (tertiary/aromatic N) is 1. The molecule has 0 bridgehead atoms. The molecule has 0 fully saturated rings. The van der Waals surface area contributed by atoms with Gasteiger partial charge in [0.25, 0.3) is 0 Å². The minimum Gasteiger partial charge on any atom is -0.466 e. The van der Waals surface area contributed by atoms with Crippen LogP contribution in [-0.4, -0.2) is 66.4 Å². The second-order valence-electron chi connectivity index (χ2n) is 8.31. The zero-order valence-corrected chi connectivity index (χ0v) is 21.1. The lowest BCUT2D eigenvalue weighted by Crippen LogP contribution is -2.52. The standard InChI is InChI=1S/C24H33N3O6S/c1-7-16-11-9-10-12-17(16)20(21(29)25-14-13-19(28)32-8-2)27(6)22(30)18(15-34)26-23(31)33-24(3,4)5/h1,9-12,18,20,34H,8,13-15H2,2-6H3,(H,25,29)(H,26,31). The summed E-state index contributed by atoms with van der Waals surface area (Å²) in [5, 5.41) is 5.14. The average Bonchev–Trinajstić information content (AvgIpc) is 2.76. The molecule has 0 saturated heterocycles. The van der Waals surface area contributed by atoms with Crippen LogP contribution in [0.5, 0.6) is 0 Å². The molecule has 0 spiro atoms. The van der Waals surface area contributed by atoms with Gasteiger partial charge in [-0.1, -0.05) is 24.1 Å². The van der Waals surface area contributed by atoms with E-state index in [1.807, 2.05) is 0 Å². The van der Waals surface area contributed by atoms with Crippen molar-refractivity contribution in [2.45, 2.75) is 51.8 Å². The lowest BCUT2D eigenvalue weighted by Gasteiger charge is -2.31. The predicted octanol–water partition coefficient (Wildman–Crippen LogP) is 2.06. The quantitative estimate of drug-likeness (QED) is 0.262. The van der Waals surface area contributed by atoms with Crippen molar-refractivity contribution < 1.29 is 28.7 Å². The number of carbonyl (C=O) groups is 4. The highest BCUT2D eigenvalue weighted by Crippen LogP contribution is 2.24. The van der Waals surface area contributed by atoms with E-state index in [0.29, 0.717) is 11.1 Å². The van der Waals surface area contributed by atoms with Crippen molar-refractivity contribution in [2.24, 2.45) is 0 Å². The van der Waals surface area contributed by atoms with Gasteiger partial charge in [0.2, 0.25) is 11.8 Å². The molecular formula is C24H33N3O6S. The van der Waals surface area contributed by atoms with Gasteiger partial charge in [-0.3, -0.25) is 14.4 Å². The first kappa shape index (κ1) is 28.8. The Bertz CT molecular complexity index is 922. The van der Waals surface area contributed by atoms with Gasteiger partial charge in [-0.15, -0.1) is 6.42 Å². The maximum Gasteiger partial charge on any atom is 0.408 e. The molecule has 0 aliphatic rings. The Labute approximate surface area is 206 Å². The zero-order valence-electron chi connectivity index (χ0n) is 20.2. The van der Waals surface area contributed by atoms with Crippen LogP contribution in [0.25, 0.3) is 0 Å². The van der Waals surface area contributed by atoms with Crippen LogP contribution in [0.15, 0.2) is 24.3 Å². The second-order valence-corrected chi connectivity index (χ2v) is 8.68. The number of hydrogen-bond donors (Lipinski definition) is 3. The first-order valence-corrected chi connectivity index (χ1v) is 11.4. The van der Waals surface area contributed by atoms with Crippen LogP contribution in [0.1, 0.15) is 51.3 Å². The molecule has 0 saturated carbocycles. The maximum atomic E-state index is 13.3. The largest absolute Gasteiger partial charge is 0.466 e. The van der Waals surface area contributed by atoms with E-state index >= 15 is 0 Å². The number of nitrogens with one attached hydrogen (secondary N) is 2. The first-order chi connectivity index (χ1) is 15.9. The SMILES string of the molecule is C#Cc1ccccc1C(C(=O)NCCC(=O)OCC)N(C)C(=O)C(CS)NC(=O)OC(C)(C)C. The van der Waals surface area contributed by atoms with E-state index < -0.39 is 41.6 Å². The topological polar surface area (TPSA) is 114 Å². The summed E-state index contributed by atoms with van der Waals surface area (Å²) >= 11 is 4.18. The van der Waals surface area contributed by atoms with Gasteiger partial charge in [-0.25, -0.2) is 4.79 Å². The Morgan fingerprint density at radius 3 is 2.41 bits per heavy atom. The Morgan fingerprint density at radius 2 is 1.85 bits per heavy atom. The number of thiol groups is 1. The summed E-state index contributed by atoms with van der Waals surface area (Å²) in [6, 6.07) is 4.53. The Kier molecular flexibility index (Phi) is 11.5. The maximum absolute atomic E-state index is 13.3. The number of esters is 1. The van der Waals surface area contributed by atoms with Gasteiger partial charge in [-0.05, 0) is 39.3 Å². The predicted molar refractivity (Wildman–Crippen MR) is 131 cm³/mol. The number of amides is 3. The van der Waals surface area contributed by atoms with E-state index in [9.17, 15) is 19.2 Å². The smallest absolute Gasteiger partial charge is 0.408 e. The highest BCUT2D eigenvalue weighted by molar-refractivity contribution is 7.80. The first-order valence-electron chi connectivity index (χ1n) is 10.8. The van der Waals surface area contributed by atoms with Gasteiger partial charge in [0.1, 0.15) is 17.7 Å². The van der Waals surface area contributed by atoms with Crippen LogP contribution < -0.4 is 10.6 Å². The molecule has 3 amide bonds. The van der Waals surface area contributed by atoms with Gasteiger partial charge in [0.05, 0.1) is 13.0 Å². The number of benzene rings is 1. The number of alkyl carbamates (subject to hydrolysis) is 1. The fourth-order valence-corrected chi connectivity index (χ4v) is 3.27. The van der Waals surface area contributed by atoms with Gasteiger partial charge in [-0.2, -0.15) is 12.6 Å².